The number of carbonyl (C=O) groups excluding carboxylic acids is 3. The molecule has 1 aliphatic heterocycles. The Balaban J connectivity index is 1.62. The third-order valence-electron chi connectivity index (χ3n) is 4.05. The lowest BCUT2D eigenvalue weighted by Crippen LogP contribution is -2.37. The number of fused-ring (bicyclic) bond motifs is 1. The van der Waals surface area contributed by atoms with Crippen molar-refractivity contribution in [2.24, 2.45) is 5.92 Å². The van der Waals surface area contributed by atoms with Gasteiger partial charge in [0.25, 0.3) is 5.91 Å². The maximum atomic E-state index is 12.2. The molecule has 1 N–H and O–H groups in total. The van der Waals surface area contributed by atoms with Crippen molar-refractivity contribution in [3.8, 4) is 0 Å². The Morgan fingerprint density at radius 1 is 1.24 bits per heavy atom. The molecule has 0 aliphatic carbocycles. The fourth-order valence-corrected chi connectivity index (χ4v) is 2.83. The van der Waals surface area contributed by atoms with Gasteiger partial charge in [0.05, 0.1) is 11.8 Å². The van der Waals surface area contributed by atoms with Crippen molar-refractivity contribution < 1.29 is 14.4 Å². The quantitative estimate of drug-likeness (QED) is 0.788. The SMILES string of the molecule is CC(C)Cn1ncc2cc(C(=O)NCCN3C(=O)CCC3=O)cnc21. The van der Waals surface area contributed by atoms with Gasteiger partial charge >= 0.3 is 0 Å². The molecule has 3 heterocycles. The van der Waals surface area contributed by atoms with Crippen LogP contribution in [0.25, 0.3) is 11.0 Å². The summed E-state index contributed by atoms with van der Waals surface area (Å²) in [6.45, 7) is 5.39. The molecular formula is C17H21N5O3. The van der Waals surface area contributed by atoms with Crippen LogP contribution in [0.3, 0.4) is 0 Å². The Morgan fingerprint density at radius 3 is 2.64 bits per heavy atom. The van der Waals surface area contributed by atoms with Gasteiger partial charge in [0, 0.05) is 44.1 Å². The number of nitrogens with one attached hydrogen (secondary N) is 1. The van der Waals surface area contributed by atoms with Gasteiger partial charge in [0.1, 0.15) is 0 Å². The van der Waals surface area contributed by atoms with E-state index in [-0.39, 0.29) is 43.7 Å². The molecule has 132 valence electrons. The van der Waals surface area contributed by atoms with Crippen molar-refractivity contribution in [2.75, 3.05) is 13.1 Å². The number of rotatable bonds is 6. The maximum absolute atomic E-state index is 12.2. The van der Waals surface area contributed by atoms with Gasteiger partial charge in [-0.15, -0.1) is 0 Å². The van der Waals surface area contributed by atoms with Gasteiger partial charge in [-0.25, -0.2) is 9.67 Å². The van der Waals surface area contributed by atoms with Gasteiger partial charge in [-0.05, 0) is 12.0 Å². The molecule has 0 atom stereocenters. The van der Waals surface area contributed by atoms with E-state index in [1.165, 1.54) is 11.1 Å². The monoisotopic (exact) mass is 343 g/mol. The first-order valence-corrected chi connectivity index (χ1v) is 8.38. The highest BCUT2D eigenvalue weighted by atomic mass is 16.2. The van der Waals surface area contributed by atoms with E-state index in [0.717, 1.165) is 17.6 Å². The van der Waals surface area contributed by atoms with Crippen LogP contribution in [0.4, 0.5) is 0 Å². The fraction of sp³-hybridized carbons (Fsp3) is 0.471. The molecule has 1 saturated heterocycles. The van der Waals surface area contributed by atoms with Crippen molar-refractivity contribution >= 4 is 28.8 Å². The molecule has 0 aromatic carbocycles. The summed E-state index contributed by atoms with van der Waals surface area (Å²) in [6, 6.07) is 1.74. The van der Waals surface area contributed by atoms with Crippen molar-refractivity contribution in [2.45, 2.75) is 33.2 Å². The van der Waals surface area contributed by atoms with Gasteiger partial charge in [0.15, 0.2) is 5.65 Å². The molecule has 2 aromatic rings. The summed E-state index contributed by atoms with van der Waals surface area (Å²) in [5.41, 5.74) is 1.18. The molecule has 3 amide bonds. The molecule has 0 unspecified atom stereocenters. The van der Waals surface area contributed by atoms with E-state index < -0.39 is 0 Å². The highest BCUT2D eigenvalue weighted by Gasteiger charge is 2.28. The molecule has 3 rings (SSSR count). The predicted octanol–water partition coefficient (Wildman–Crippen LogP) is 0.966. The van der Waals surface area contributed by atoms with Gasteiger partial charge in [-0.1, -0.05) is 13.8 Å². The van der Waals surface area contributed by atoms with Crippen molar-refractivity contribution in [1.29, 1.82) is 0 Å². The molecule has 8 nitrogen and oxygen atoms in total. The van der Waals surface area contributed by atoms with E-state index >= 15 is 0 Å². The van der Waals surface area contributed by atoms with Crippen LogP contribution in [0.1, 0.15) is 37.0 Å². The maximum Gasteiger partial charge on any atom is 0.252 e. The molecule has 0 radical (unpaired) electrons. The second-order valence-corrected chi connectivity index (χ2v) is 6.55. The van der Waals surface area contributed by atoms with Crippen LogP contribution in [0.15, 0.2) is 18.5 Å². The average molecular weight is 343 g/mol. The van der Waals surface area contributed by atoms with Crippen LogP contribution in [0.2, 0.25) is 0 Å². The van der Waals surface area contributed by atoms with E-state index in [4.69, 9.17) is 0 Å². The zero-order valence-corrected chi connectivity index (χ0v) is 14.4. The zero-order chi connectivity index (χ0) is 18.0. The Bertz CT molecular complexity index is 811. The Morgan fingerprint density at radius 2 is 1.96 bits per heavy atom. The van der Waals surface area contributed by atoms with Crippen molar-refractivity contribution in [3.05, 3.63) is 24.0 Å². The average Bonchev–Trinajstić information content (AvgIpc) is 3.11. The number of amides is 3. The lowest BCUT2D eigenvalue weighted by atomic mass is 10.2. The van der Waals surface area contributed by atoms with Crippen LogP contribution in [-0.2, 0) is 16.1 Å². The van der Waals surface area contributed by atoms with Crippen LogP contribution >= 0.6 is 0 Å². The van der Waals surface area contributed by atoms with E-state index in [2.05, 4.69) is 29.2 Å². The first-order valence-electron chi connectivity index (χ1n) is 8.38. The summed E-state index contributed by atoms with van der Waals surface area (Å²) in [7, 11) is 0. The zero-order valence-electron chi connectivity index (χ0n) is 14.4. The smallest absolute Gasteiger partial charge is 0.252 e. The van der Waals surface area contributed by atoms with Gasteiger partial charge in [-0.3, -0.25) is 19.3 Å². The number of hydrogen-bond donors (Lipinski definition) is 1. The minimum absolute atomic E-state index is 0.181. The normalized spacial score (nSPS) is 14.8. The van der Waals surface area contributed by atoms with Crippen LogP contribution < -0.4 is 5.32 Å². The van der Waals surface area contributed by atoms with Crippen molar-refractivity contribution in [1.82, 2.24) is 25.0 Å². The van der Waals surface area contributed by atoms with Crippen LogP contribution in [-0.4, -0.2) is 50.5 Å². The summed E-state index contributed by atoms with van der Waals surface area (Å²) in [5.74, 6) is -0.200. The lowest BCUT2D eigenvalue weighted by molar-refractivity contribution is -0.138. The molecular weight excluding hydrogens is 322 g/mol. The molecule has 0 spiro atoms. The Hall–Kier alpha value is -2.77. The summed E-state index contributed by atoms with van der Waals surface area (Å²) < 4.78 is 1.83. The molecule has 25 heavy (non-hydrogen) atoms. The summed E-state index contributed by atoms with van der Waals surface area (Å²) in [4.78, 5) is 40.8. The number of likely N-dealkylation sites (tertiary alicyclic amines) is 1. The van der Waals surface area contributed by atoms with E-state index in [0.29, 0.717) is 11.5 Å². The molecule has 0 saturated carbocycles. The topological polar surface area (TPSA) is 97.2 Å². The van der Waals surface area contributed by atoms with Crippen LogP contribution in [0, 0.1) is 5.92 Å². The third-order valence-corrected chi connectivity index (χ3v) is 4.05. The van der Waals surface area contributed by atoms with Gasteiger partial charge in [0.2, 0.25) is 11.8 Å². The van der Waals surface area contributed by atoms with Gasteiger partial charge < -0.3 is 5.32 Å². The number of aromatic nitrogens is 3. The minimum atomic E-state index is -0.287. The second-order valence-electron chi connectivity index (χ2n) is 6.55. The number of nitrogens with zero attached hydrogens (tertiary/aromatic N) is 4. The number of imide groups is 1. The third kappa shape index (κ3) is 3.67. The molecule has 1 aliphatic rings. The number of pyridine rings is 1. The number of carbonyl (C=O) groups is 3. The molecule has 0 bridgehead atoms. The van der Waals surface area contributed by atoms with E-state index in [1.54, 1.807) is 12.3 Å². The minimum Gasteiger partial charge on any atom is -0.350 e. The fourth-order valence-electron chi connectivity index (χ4n) is 2.83. The second kappa shape index (κ2) is 7.00. The molecule has 2 aromatic heterocycles. The Kier molecular flexibility index (Phi) is 4.78. The summed E-state index contributed by atoms with van der Waals surface area (Å²) in [5, 5.41) is 7.83. The summed E-state index contributed by atoms with van der Waals surface area (Å²) >= 11 is 0. The van der Waals surface area contributed by atoms with Crippen molar-refractivity contribution in [3.63, 3.8) is 0 Å². The predicted molar refractivity (Wildman–Crippen MR) is 90.7 cm³/mol. The molecule has 1 fully saturated rings. The Labute approximate surface area is 145 Å². The largest absolute Gasteiger partial charge is 0.350 e. The van der Waals surface area contributed by atoms with E-state index in [9.17, 15) is 14.4 Å². The first-order chi connectivity index (χ1) is 12.0. The summed E-state index contributed by atoms with van der Waals surface area (Å²) in [6.07, 6.45) is 3.73. The highest BCUT2D eigenvalue weighted by molar-refractivity contribution is 6.02. The number of hydrogen-bond acceptors (Lipinski definition) is 5. The van der Waals surface area contributed by atoms with Crippen LogP contribution in [0.5, 0.6) is 0 Å². The van der Waals surface area contributed by atoms with E-state index in [1.807, 2.05) is 4.68 Å². The lowest BCUT2D eigenvalue weighted by Gasteiger charge is -2.14. The highest BCUT2D eigenvalue weighted by Crippen LogP contribution is 2.14. The first kappa shape index (κ1) is 17.1. The standard InChI is InChI=1S/C17H21N5O3/c1-11(2)10-22-16-12(9-20-22)7-13(8-19-16)17(25)18-5-6-21-14(23)3-4-15(21)24/h7-9,11H,3-6,10H2,1-2H3,(H,18,25). The molecule has 8 heteroatoms. The van der Waals surface area contributed by atoms with Gasteiger partial charge in [-0.2, -0.15) is 5.10 Å².